The Morgan fingerprint density at radius 3 is 2.43 bits per heavy atom. The van der Waals surface area contributed by atoms with E-state index in [2.05, 4.69) is 5.32 Å². The van der Waals surface area contributed by atoms with E-state index in [0.717, 1.165) is 24.0 Å². The van der Waals surface area contributed by atoms with Gasteiger partial charge in [0.1, 0.15) is 0 Å². The molecule has 0 aliphatic heterocycles. The second kappa shape index (κ2) is 8.03. The van der Waals surface area contributed by atoms with E-state index in [0.29, 0.717) is 19.2 Å². The third-order valence-corrected chi connectivity index (χ3v) is 4.22. The van der Waals surface area contributed by atoms with Crippen molar-refractivity contribution >= 4 is 6.03 Å². The van der Waals surface area contributed by atoms with E-state index in [1.165, 1.54) is 19.3 Å². The van der Waals surface area contributed by atoms with Crippen molar-refractivity contribution in [2.75, 3.05) is 14.2 Å². The molecule has 0 atom stereocenters. The second-order valence-electron chi connectivity index (χ2n) is 5.81. The first-order valence-corrected chi connectivity index (χ1v) is 7.78. The maximum atomic E-state index is 12.2. The molecule has 0 bridgehead atoms. The van der Waals surface area contributed by atoms with Crippen LogP contribution in [-0.2, 0) is 17.9 Å². The largest absolute Gasteiger partial charge is 0.380 e. The Morgan fingerprint density at radius 1 is 1.19 bits per heavy atom. The summed E-state index contributed by atoms with van der Waals surface area (Å²) in [5.41, 5.74) is 2.26. The van der Waals surface area contributed by atoms with Crippen LogP contribution in [0.5, 0.6) is 0 Å². The SMILES string of the molecule is COCc1ccc(CNC(=O)N(C)C2CCCCC2)cc1. The van der Waals surface area contributed by atoms with Crippen LogP contribution in [0.15, 0.2) is 24.3 Å². The normalized spacial score (nSPS) is 15.7. The fraction of sp³-hybridized carbons (Fsp3) is 0.588. The van der Waals surface area contributed by atoms with Crippen LogP contribution in [0, 0.1) is 0 Å². The Morgan fingerprint density at radius 2 is 1.81 bits per heavy atom. The van der Waals surface area contributed by atoms with Gasteiger partial charge < -0.3 is 15.0 Å². The molecule has 0 aromatic heterocycles. The van der Waals surface area contributed by atoms with Gasteiger partial charge >= 0.3 is 6.03 Å². The lowest BCUT2D eigenvalue weighted by Crippen LogP contribution is -2.44. The van der Waals surface area contributed by atoms with Crippen molar-refractivity contribution in [2.45, 2.75) is 51.3 Å². The molecule has 1 saturated carbocycles. The molecule has 2 rings (SSSR count). The minimum absolute atomic E-state index is 0.0304. The molecule has 4 heteroatoms. The standard InChI is InChI=1S/C17H26N2O2/c1-19(16-6-4-3-5-7-16)17(20)18-12-14-8-10-15(11-9-14)13-21-2/h8-11,16H,3-7,12-13H2,1-2H3,(H,18,20). The first kappa shape index (κ1) is 15.8. The quantitative estimate of drug-likeness (QED) is 0.904. The smallest absolute Gasteiger partial charge is 0.317 e. The van der Waals surface area contributed by atoms with Gasteiger partial charge in [0.25, 0.3) is 0 Å². The third kappa shape index (κ3) is 4.74. The highest BCUT2D eigenvalue weighted by Gasteiger charge is 2.21. The predicted molar refractivity (Wildman–Crippen MR) is 84.0 cm³/mol. The number of rotatable bonds is 5. The predicted octanol–water partition coefficient (Wildman–Crippen LogP) is 3.31. The van der Waals surface area contributed by atoms with Gasteiger partial charge in [-0.3, -0.25) is 0 Å². The molecule has 116 valence electrons. The van der Waals surface area contributed by atoms with Gasteiger partial charge in [0.2, 0.25) is 0 Å². The van der Waals surface area contributed by atoms with Crippen LogP contribution in [0.25, 0.3) is 0 Å². The molecular weight excluding hydrogens is 264 g/mol. The van der Waals surface area contributed by atoms with Gasteiger partial charge in [0.05, 0.1) is 6.61 Å². The van der Waals surface area contributed by atoms with E-state index in [9.17, 15) is 4.79 Å². The first-order chi connectivity index (χ1) is 10.2. The van der Waals surface area contributed by atoms with E-state index < -0.39 is 0 Å². The number of carbonyl (C=O) groups is 1. The second-order valence-corrected chi connectivity index (χ2v) is 5.81. The minimum Gasteiger partial charge on any atom is -0.380 e. The van der Waals surface area contributed by atoms with Crippen molar-refractivity contribution in [3.8, 4) is 0 Å². The third-order valence-electron chi connectivity index (χ3n) is 4.22. The number of hydrogen-bond acceptors (Lipinski definition) is 2. The van der Waals surface area contributed by atoms with E-state index >= 15 is 0 Å². The average molecular weight is 290 g/mol. The van der Waals surface area contributed by atoms with Crippen LogP contribution in [0.1, 0.15) is 43.2 Å². The zero-order chi connectivity index (χ0) is 15.1. The average Bonchev–Trinajstić information content (AvgIpc) is 2.54. The molecule has 1 aromatic rings. The molecule has 1 N–H and O–H groups in total. The summed E-state index contributed by atoms with van der Waals surface area (Å²) in [7, 11) is 3.60. The lowest BCUT2D eigenvalue weighted by molar-refractivity contribution is 0.173. The Hall–Kier alpha value is -1.55. The van der Waals surface area contributed by atoms with Crippen molar-refractivity contribution < 1.29 is 9.53 Å². The Bertz CT molecular complexity index is 439. The summed E-state index contributed by atoms with van der Waals surface area (Å²) in [5.74, 6) is 0. The maximum Gasteiger partial charge on any atom is 0.317 e. The van der Waals surface area contributed by atoms with Crippen molar-refractivity contribution in [1.82, 2.24) is 10.2 Å². The molecule has 0 heterocycles. The molecule has 1 aliphatic rings. The van der Waals surface area contributed by atoms with Crippen LogP contribution >= 0.6 is 0 Å². The van der Waals surface area contributed by atoms with Crippen LogP contribution in [0.2, 0.25) is 0 Å². The van der Waals surface area contributed by atoms with Gasteiger partial charge in [-0.15, -0.1) is 0 Å². The number of benzene rings is 1. The number of urea groups is 1. The summed E-state index contributed by atoms with van der Waals surface area (Å²) in [4.78, 5) is 14.1. The monoisotopic (exact) mass is 290 g/mol. The van der Waals surface area contributed by atoms with Crippen molar-refractivity contribution in [3.63, 3.8) is 0 Å². The van der Waals surface area contributed by atoms with Gasteiger partial charge in [-0.25, -0.2) is 4.79 Å². The van der Waals surface area contributed by atoms with E-state index in [-0.39, 0.29) is 6.03 Å². The van der Waals surface area contributed by atoms with Crippen LogP contribution in [-0.4, -0.2) is 31.1 Å². The Labute approximate surface area is 127 Å². The summed E-state index contributed by atoms with van der Waals surface area (Å²) in [6.45, 7) is 1.19. The highest BCUT2D eigenvalue weighted by atomic mass is 16.5. The Balaban J connectivity index is 1.79. The molecule has 0 radical (unpaired) electrons. The summed E-state index contributed by atoms with van der Waals surface area (Å²) in [6.07, 6.45) is 6.05. The van der Waals surface area contributed by atoms with E-state index in [4.69, 9.17) is 4.74 Å². The van der Waals surface area contributed by atoms with Gasteiger partial charge in [-0.1, -0.05) is 43.5 Å². The van der Waals surface area contributed by atoms with Crippen LogP contribution in [0.4, 0.5) is 4.79 Å². The summed E-state index contributed by atoms with van der Waals surface area (Å²) in [6, 6.07) is 8.58. The first-order valence-electron chi connectivity index (χ1n) is 7.78. The zero-order valence-electron chi connectivity index (χ0n) is 13.1. The molecule has 4 nitrogen and oxygen atoms in total. The summed E-state index contributed by atoms with van der Waals surface area (Å²) >= 11 is 0. The summed E-state index contributed by atoms with van der Waals surface area (Å²) < 4.78 is 5.09. The highest BCUT2D eigenvalue weighted by Crippen LogP contribution is 2.21. The lowest BCUT2D eigenvalue weighted by atomic mass is 9.95. The lowest BCUT2D eigenvalue weighted by Gasteiger charge is -2.31. The van der Waals surface area contributed by atoms with Gasteiger partial charge in [-0.05, 0) is 24.0 Å². The van der Waals surface area contributed by atoms with Crippen molar-refractivity contribution in [3.05, 3.63) is 35.4 Å². The molecule has 21 heavy (non-hydrogen) atoms. The minimum atomic E-state index is 0.0304. The van der Waals surface area contributed by atoms with Crippen molar-refractivity contribution in [2.24, 2.45) is 0 Å². The number of ether oxygens (including phenoxy) is 1. The number of methoxy groups -OCH3 is 1. The number of nitrogens with zero attached hydrogens (tertiary/aromatic N) is 1. The van der Waals surface area contributed by atoms with E-state index in [1.807, 2.05) is 36.2 Å². The van der Waals surface area contributed by atoms with Gasteiger partial charge in [0.15, 0.2) is 0 Å². The highest BCUT2D eigenvalue weighted by molar-refractivity contribution is 5.74. The molecule has 0 unspecified atom stereocenters. The fourth-order valence-corrected chi connectivity index (χ4v) is 2.86. The molecule has 1 fully saturated rings. The van der Waals surface area contributed by atoms with Crippen molar-refractivity contribution in [1.29, 1.82) is 0 Å². The number of hydrogen-bond donors (Lipinski definition) is 1. The van der Waals surface area contributed by atoms with Crippen LogP contribution < -0.4 is 5.32 Å². The maximum absolute atomic E-state index is 12.2. The van der Waals surface area contributed by atoms with Gasteiger partial charge in [0, 0.05) is 26.7 Å². The van der Waals surface area contributed by atoms with Crippen LogP contribution in [0.3, 0.4) is 0 Å². The summed E-state index contributed by atoms with van der Waals surface area (Å²) in [5, 5.41) is 3.00. The molecule has 1 aliphatic carbocycles. The number of carbonyl (C=O) groups excluding carboxylic acids is 1. The fourth-order valence-electron chi connectivity index (χ4n) is 2.86. The number of amides is 2. The number of nitrogens with one attached hydrogen (secondary N) is 1. The molecule has 0 saturated heterocycles. The molecule has 2 amide bonds. The zero-order valence-corrected chi connectivity index (χ0v) is 13.1. The Kier molecular flexibility index (Phi) is 6.05. The van der Waals surface area contributed by atoms with E-state index in [1.54, 1.807) is 7.11 Å². The topological polar surface area (TPSA) is 41.6 Å². The molecule has 0 spiro atoms. The van der Waals surface area contributed by atoms with Gasteiger partial charge in [-0.2, -0.15) is 0 Å². The molecule has 1 aromatic carbocycles. The molecular formula is C17H26N2O2.